The Morgan fingerprint density at radius 2 is 1.44 bits per heavy atom. The fraction of sp³-hybridized carbons (Fsp3) is 0.214. The van der Waals surface area contributed by atoms with Gasteiger partial charge in [-0.3, -0.25) is 4.79 Å². The van der Waals surface area contributed by atoms with Gasteiger partial charge in [0.25, 0.3) is 5.91 Å². The predicted molar refractivity (Wildman–Crippen MR) is 133 cm³/mol. The average Bonchev–Trinajstić information content (AvgIpc) is 3.18. The molecule has 0 N–H and O–H groups in total. The summed E-state index contributed by atoms with van der Waals surface area (Å²) in [4.78, 5) is 20.3. The number of rotatable bonds is 6. The van der Waals surface area contributed by atoms with Crippen LogP contribution in [-0.4, -0.2) is 10.5 Å². The molecule has 1 amide bonds. The fourth-order valence-electron chi connectivity index (χ4n) is 4.03. The van der Waals surface area contributed by atoms with Gasteiger partial charge < -0.3 is 4.57 Å². The van der Waals surface area contributed by atoms with Crippen LogP contribution in [0.1, 0.15) is 41.3 Å². The molecular weight excluding hydrogens is 412 g/mol. The Morgan fingerprint density at radius 3 is 1.94 bits per heavy atom. The second-order valence-corrected chi connectivity index (χ2v) is 8.89. The van der Waals surface area contributed by atoms with E-state index in [1.165, 1.54) is 21.7 Å². The Bertz CT molecular complexity index is 1210. The fourth-order valence-corrected chi connectivity index (χ4v) is 5.19. The van der Waals surface area contributed by atoms with E-state index in [0.717, 1.165) is 28.9 Å². The number of nitrogens with zero attached hydrogens (tertiary/aromatic N) is 2. The van der Waals surface area contributed by atoms with Crippen molar-refractivity contribution in [1.29, 1.82) is 0 Å². The number of hydrogen-bond acceptors (Lipinski definition) is 2. The lowest BCUT2D eigenvalue weighted by atomic mass is 9.91. The van der Waals surface area contributed by atoms with Crippen LogP contribution in [0.5, 0.6) is 0 Å². The molecule has 0 atom stereocenters. The third-order valence-electron chi connectivity index (χ3n) is 5.66. The molecule has 0 saturated carbocycles. The molecule has 4 aromatic rings. The molecule has 0 aliphatic rings. The molecule has 32 heavy (non-hydrogen) atoms. The Morgan fingerprint density at radius 1 is 0.875 bits per heavy atom. The zero-order chi connectivity index (χ0) is 22.5. The van der Waals surface area contributed by atoms with Crippen LogP contribution in [0.25, 0.3) is 11.3 Å². The first-order valence-electron chi connectivity index (χ1n) is 11.1. The van der Waals surface area contributed by atoms with Gasteiger partial charge in [-0.25, -0.2) is 0 Å². The zero-order valence-electron chi connectivity index (χ0n) is 18.8. The van der Waals surface area contributed by atoms with E-state index in [-0.39, 0.29) is 5.91 Å². The second-order valence-electron chi connectivity index (χ2n) is 7.82. The molecule has 1 heterocycles. The first-order valence-corrected chi connectivity index (χ1v) is 11.9. The third kappa shape index (κ3) is 4.51. The number of carbonyl (C=O) groups excluding carboxylic acids is 1. The molecule has 0 radical (unpaired) electrons. The number of hydrogen-bond donors (Lipinski definition) is 0. The van der Waals surface area contributed by atoms with Crippen molar-refractivity contribution in [2.75, 3.05) is 0 Å². The van der Waals surface area contributed by atoms with Crippen LogP contribution in [0.4, 0.5) is 0 Å². The lowest BCUT2D eigenvalue weighted by Crippen LogP contribution is -2.20. The molecule has 0 fully saturated rings. The summed E-state index contributed by atoms with van der Waals surface area (Å²) in [6.07, 6.45) is 0.901. The van der Waals surface area contributed by atoms with Gasteiger partial charge in [-0.15, -0.1) is 11.3 Å². The summed E-state index contributed by atoms with van der Waals surface area (Å²) in [5, 5.41) is 0. The van der Waals surface area contributed by atoms with Gasteiger partial charge in [-0.1, -0.05) is 97.4 Å². The summed E-state index contributed by atoms with van der Waals surface area (Å²) in [5.74, 6) is -0.554. The minimum Gasteiger partial charge on any atom is -0.316 e. The van der Waals surface area contributed by atoms with Crippen molar-refractivity contribution in [1.82, 2.24) is 4.57 Å². The van der Waals surface area contributed by atoms with E-state index in [0.29, 0.717) is 0 Å². The first kappa shape index (κ1) is 22.0. The number of aryl methyl sites for hydroxylation is 2. The largest absolute Gasteiger partial charge is 0.316 e. The van der Waals surface area contributed by atoms with Crippen LogP contribution >= 0.6 is 11.3 Å². The van der Waals surface area contributed by atoms with Gasteiger partial charge in [0, 0.05) is 11.4 Å². The molecule has 4 heteroatoms. The van der Waals surface area contributed by atoms with Crippen molar-refractivity contribution >= 4 is 17.2 Å². The molecule has 0 aliphatic heterocycles. The molecule has 0 spiro atoms. The minimum atomic E-state index is -0.419. The van der Waals surface area contributed by atoms with Gasteiger partial charge >= 0.3 is 0 Å². The Labute approximate surface area is 193 Å². The van der Waals surface area contributed by atoms with Crippen LogP contribution in [0.3, 0.4) is 0 Å². The van der Waals surface area contributed by atoms with Gasteiger partial charge in [-0.2, -0.15) is 4.99 Å². The molecule has 0 unspecified atom stereocenters. The molecule has 0 saturated heterocycles. The number of aromatic nitrogens is 1. The SMILES string of the molecule is CCc1sc(=NC(=O)C(c2ccccc2)c2ccccc2)n(CC)c1-c1ccc(C)cc1. The lowest BCUT2D eigenvalue weighted by molar-refractivity contribution is -0.118. The van der Waals surface area contributed by atoms with Crippen LogP contribution in [0.15, 0.2) is 89.9 Å². The second kappa shape index (κ2) is 9.92. The van der Waals surface area contributed by atoms with E-state index in [1.54, 1.807) is 11.3 Å². The molecular formula is C28H28N2OS. The molecule has 0 bridgehead atoms. The number of amides is 1. The summed E-state index contributed by atoms with van der Waals surface area (Å²) in [7, 11) is 0. The normalized spacial score (nSPS) is 11.8. The smallest absolute Gasteiger partial charge is 0.260 e. The van der Waals surface area contributed by atoms with E-state index in [9.17, 15) is 4.79 Å². The van der Waals surface area contributed by atoms with Gasteiger partial charge in [0.05, 0.1) is 11.6 Å². The van der Waals surface area contributed by atoms with E-state index in [4.69, 9.17) is 4.99 Å². The molecule has 3 aromatic carbocycles. The lowest BCUT2D eigenvalue weighted by Gasteiger charge is -2.14. The number of thiazole rings is 1. The maximum absolute atomic E-state index is 13.6. The van der Waals surface area contributed by atoms with Crippen molar-refractivity contribution in [3.05, 3.63) is 111 Å². The topological polar surface area (TPSA) is 34.4 Å². The quantitative estimate of drug-likeness (QED) is 0.343. The monoisotopic (exact) mass is 440 g/mol. The average molecular weight is 441 g/mol. The highest BCUT2D eigenvalue weighted by atomic mass is 32.1. The molecule has 1 aromatic heterocycles. The Hall–Kier alpha value is -3.24. The van der Waals surface area contributed by atoms with E-state index < -0.39 is 5.92 Å². The van der Waals surface area contributed by atoms with Crippen LogP contribution in [0, 0.1) is 6.92 Å². The number of benzene rings is 3. The molecule has 4 rings (SSSR count). The van der Waals surface area contributed by atoms with Gasteiger partial charge in [0.2, 0.25) is 0 Å². The van der Waals surface area contributed by atoms with Crippen molar-refractivity contribution < 1.29 is 4.79 Å². The summed E-state index contributed by atoms with van der Waals surface area (Å²) in [6.45, 7) is 7.12. The van der Waals surface area contributed by atoms with E-state index in [1.807, 2.05) is 60.7 Å². The highest BCUT2D eigenvalue weighted by Crippen LogP contribution is 2.28. The van der Waals surface area contributed by atoms with Gasteiger partial charge in [-0.05, 0) is 37.0 Å². The van der Waals surface area contributed by atoms with Crippen molar-refractivity contribution in [3.8, 4) is 11.3 Å². The first-order chi connectivity index (χ1) is 15.6. The van der Waals surface area contributed by atoms with Gasteiger partial charge in [0.15, 0.2) is 4.80 Å². The maximum Gasteiger partial charge on any atom is 0.260 e. The van der Waals surface area contributed by atoms with Crippen molar-refractivity contribution in [2.45, 2.75) is 39.7 Å². The van der Waals surface area contributed by atoms with Gasteiger partial charge in [0.1, 0.15) is 0 Å². The summed E-state index contributed by atoms with van der Waals surface area (Å²) < 4.78 is 2.18. The number of carbonyl (C=O) groups is 1. The predicted octanol–water partition coefficient (Wildman–Crippen LogP) is 6.37. The summed E-state index contributed by atoms with van der Waals surface area (Å²) in [5.41, 5.74) is 5.49. The maximum atomic E-state index is 13.6. The highest BCUT2D eigenvalue weighted by Gasteiger charge is 2.23. The summed E-state index contributed by atoms with van der Waals surface area (Å²) in [6, 6.07) is 28.4. The zero-order valence-corrected chi connectivity index (χ0v) is 19.6. The van der Waals surface area contributed by atoms with Crippen LogP contribution < -0.4 is 4.80 Å². The Kier molecular flexibility index (Phi) is 6.81. The Balaban J connectivity index is 1.85. The van der Waals surface area contributed by atoms with Crippen molar-refractivity contribution in [2.24, 2.45) is 4.99 Å². The molecule has 3 nitrogen and oxygen atoms in total. The summed E-state index contributed by atoms with van der Waals surface area (Å²) >= 11 is 1.62. The standard InChI is InChI=1S/C28H28N2OS/c1-4-24-26(23-18-16-20(3)17-19-23)30(5-2)28(32-24)29-27(31)25(21-12-8-6-9-13-21)22-14-10-7-11-15-22/h6-19,25H,4-5H2,1-3H3. The third-order valence-corrected chi connectivity index (χ3v) is 6.88. The highest BCUT2D eigenvalue weighted by molar-refractivity contribution is 7.09. The molecule has 0 aliphatic carbocycles. The van der Waals surface area contributed by atoms with E-state index in [2.05, 4.69) is 49.6 Å². The van der Waals surface area contributed by atoms with Crippen LogP contribution in [0.2, 0.25) is 0 Å². The van der Waals surface area contributed by atoms with E-state index >= 15 is 0 Å². The van der Waals surface area contributed by atoms with Crippen LogP contribution in [-0.2, 0) is 17.8 Å². The minimum absolute atomic E-state index is 0.135. The molecule has 162 valence electrons. The van der Waals surface area contributed by atoms with Crippen molar-refractivity contribution in [3.63, 3.8) is 0 Å².